The summed E-state index contributed by atoms with van der Waals surface area (Å²) in [6.07, 6.45) is 5.28. The lowest BCUT2D eigenvalue weighted by atomic mass is 10.1. The van der Waals surface area contributed by atoms with Gasteiger partial charge in [0, 0.05) is 30.0 Å². The maximum atomic E-state index is 13.1. The van der Waals surface area contributed by atoms with Crippen molar-refractivity contribution in [1.29, 1.82) is 0 Å². The number of aromatic nitrogens is 2. The fraction of sp³-hybridized carbons (Fsp3) is 0.143. The van der Waals surface area contributed by atoms with E-state index < -0.39 is 6.03 Å². The Labute approximate surface area is 177 Å². The Hall–Kier alpha value is -4.34. The Morgan fingerprint density at radius 3 is 2.87 bits per heavy atom. The van der Waals surface area contributed by atoms with Crippen LogP contribution in [0.4, 0.5) is 16.2 Å². The van der Waals surface area contributed by atoms with Crippen LogP contribution in [0.25, 0.3) is 11.0 Å². The normalized spacial score (nSPS) is 15.2. The van der Waals surface area contributed by atoms with Crippen LogP contribution in [-0.4, -0.2) is 51.8 Å². The molecule has 4 amide bonds. The molecule has 0 aliphatic carbocycles. The summed E-state index contributed by atoms with van der Waals surface area (Å²) in [5.74, 6) is -0.565. The van der Waals surface area contributed by atoms with E-state index in [1.807, 2.05) is 12.2 Å². The molecule has 0 saturated heterocycles. The molecule has 10 nitrogen and oxygen atoms in total. The number of amides is 4. The molecule has 2 heterocycles. The molecule has 1 aliphatic heterocycles. The van der Waals surface area contributed by atoms with Crippen molar-refractivity contribution >= 4 is 40.3 Å². The molecule has 158 valence electrons. The van der Waals surface area contributed by atoms with E-state index in [0.29, 0.717) is 34.6 Å². The summed E-state index contributed by atoms with van der Waals surface area (Å²) in [5, 5.41) is 5.25. The Balaban J connectivity index is 1.44. The lowest BCUT2D eigenvalue weighted by molar-refractivity contribution is 0.0740. The Bertz CT molecular complexity index is 1200. The first kappa shape index (κ1) is 20.0. The average Bonchev–Trinajstić information content (AvgIpc) is 3.39. The highest BCUT2D eigenvalue weighted by Gasteiger charge is 2.27. The van der Waals surface area contributed by atoms with Crippen molar-refractivity contribution in [2.24, 2.45) is 5.73 Å². The van der Waals surface area contributed by atoms with E-state index in [1.54, 1.807) is 41.6 Å². The van der Waals surface area contributed by atoms with E-state index in [9.17, 15) is 14.4 Å². The van der Waals surface area contributed by atoms with Gasteiger partial charge < -0.3 is 32.0 Å². The van der Waals surface area contributed by atoms with Gasteiger partial charge in [-0.05, 0) is 30.3 Å². The van der Waals surface area contributed by atoms with Gasteiger partial charge in [0.25, 0.3) is 11.8 Å². The van der Waals surface area contributed by atoms with Crippen LogP contribution in [-0.2, 0) is 0 Å². The van der Waals surface area contributed by atoms with Crippen molar-refractivity contribution in [3.63, 3.8) is 0 Å². The van der Waals surface area contributed by atoms with Gasteiger partial charge in [-0.15, -0.1) is 0 Å². The van der Waals surface area contributed by atoms with Crippen molar-refractivity contribution < 1.29 is 14.4 Å². The molecule has 10 heteroatoms. The summed E-state index contributed by atoms with van der Waals surface area (Å²) in [7, 11) is 0. The molecule has 4 rings (SSSR count). The number of urea groups is 1. The quantitative estimate of drug-likeness (QED) is 0.312. The third-order valence-corrected chi connectivity index (χ3v) is 5.01. The summed E-state index contributed by atoms with van der Waals surface area (Å²) in [6.45, 7) is 0.637. The van der Waals surface area contributed by atoms with Crippen LogP contribution in [0.2, 0.25) is 0 Å². The van der Waals surface area contributed by atoms with E-state index >= 15 is 0 Å². The molecule has 0 fully saturated rings. The van der Waals surface area contributed by atoms with Crippen molar-refractivity contribution in [1.82, 2.24) is 20.2 Å². The topological polar surface area (TPSA) is 159 Å². The largest absolute Gasteiger partial charge is 0.398 e. The summed E-state index contributed by atoms with van der Waals surface area (Å²) in [4.78, 5) is 45.4. The Morgan fingerprint density at radius 1 is 1.23 bits per heavy atom. The van der Waals surface area contributed by atoms with Gasteiger partial charge in [0.05, 0.1) is 29.0 Å². The number of anilines is 2. The molecule has 31 heavy (non-hydrogen) atoms. The monoisotopic (exact) mass is 419 g/mol. The smallest absolute Gasteiger partial charge is 0.316 e. The summed E-state index contributed by atoms with van der Waals surface area (Å²) >= 11 is 0. The van der Waals surface area contributed by atoms with Gasteiger partial charge in [0.2, 0.25) is 0 Å². The van der Waals surface area contributed by atoms with Crippen molar-refractivity contribution in [3.05, 3.63) is 66.0 Å². The molecular weight excluding hydrogens is 398 g/mol. The molecule has 2 aromatic carbocycles. The van der Waals surface area contributed by atoms with Crippen LogP contribution in [0.3, 0.4) is 0 Å². The Kier molecular flexibility index (Phi) is 5.27. The molecule has 0 saturated carbocycles. The van der Waals surface area contributed by atoms with Crippen LogP contribution in [0.5, 0.6) is 0 Å². The minimum atomic E-state index is -0.713. The van der Waals surface area contributed by atoms with Crippen molar-refractivity contribution in [2.75, 3.05) is 24.1 Å². The lowest BCUT2D eigenvalue weighted by Crippen LogP contribution is -2.43. The number of fused-ring (bicyclic) bond motifs is 1. The maximum Gasteiger partial charge on any atom is 0.316 e. The summed E-state index contributed by atoms with van der Waals surface area (Å²) in [6, 6.07) is 8.72. The molecule has 3 aromatic rings. The van der Waals surface area contributed by atoms with E-state index in [1.165, 1.54) is 6.07 Å². The fourth-order valence-corrected chi connectivity index (χ4v) is 3.50. The number of hydrogen-bond acceptors (Lipinski definition) is 5. The predicted octanol–water partition coefficient (Wildman–Crippen LogP) is 1.45. The van der Waals surface area contributed by atoms with Crippen LogP contribution < -0.4 is 22.1 Å². The standard InChI is InChI=1S/C21H21N7O3/c22-16-9-18-17(25-11-26-18)8-15(16)20(30)28-6-2-5-14(28)10-24-19(29)12-3-1-4-13(7-12)27-21(23)31/h1-5,7-9,11,14H,6,10,22H2,(H,24,29)(H,25,26)(H3,23,27,31). The van der Waals surface area contributed by atoms with Gasteiger partial charge in [-0.3, -0.25) is 9.59 Å². The first-order valence-corrected chi connectivity index (χ1v) is 9.57. The number of nitrogens with zero attached hydrogens (tertiary/aromatic N) is 2. The highest BCUT2D eigenvalue weighted by Crippen LogP contribution is 2.23. The average molecular weight is 419 g/mol. The minimum Gasteiger partial charge on any atom is -0.398 e. The number of benzene rings is 2. The number of nitrogens with one attached hydrogen (secondary N) is 3. The van der Waals surface area contributed by atoms with E-state index in [4.69, 9.17) is 11.5 Å². The molecule has 1 atom stereocenters. The summed E-state index contributed by atoms with van der Waals surface area (Å²) in [5.41, 5.74) is 14.1. The van der Waals surface area contributed by atoms with Crippen molar-refractivity contribution in [3.8, 4) is 0 Å². The molecule has 7 N–H and O–H groups in total. The molecule has 0 bridgehead atoms. The SMILES string of the molecule is NC(=O)Nc1cccc(C(=O)NCC2C=CCN2C(=O)c2cc3[nH]cnc3cc2N)c1. The van der Waals surface area contributed by atoms with Gasteiger partial charge in [0.1, 0.15) is 0 Å². The van der Waals surface area contributed by atoms with Gasteiger partial charge in [0.15, 0.2) is 0 Å². The maximum absolute atomic E-state index is 13.1. The number of carbonyl (C=O) groups excluding carboxylic acids is 3. The number of imidazole rings is 1. The number of rotatable bonds is 5. The minimum absolute atomic E-state index is 0.223. The molecule has 0 radical (unpaired) electrons. The predicted molar refractivity (Wildman–Crippen MR) is 116 cm³/mol. The third kappa shape index (κ3) is 4.17. The Morgan fingerprint density at radius 2 is 2.06 bits per heavy atom. The number of hydrogen-bond donors (Lipinski definition) is 5. The van der Waals surface area contributed by atoms with Gasteiger partial charge in [-0.1, -0.05) is 18.2 Å². The second kappa shape index (κ2) is 8.19. The van der Waals surface area contributed by atoms with Crippen LogP contribution in [0.15, 0.2) is 54.9 Å². The highest BCUT2D eigenvalue weighted by atomic mass is 16.2. The van der Waals surface area contributed by atoms with Crippen LogP contribution >= 0.6 is 0 Å². The first-order chi connectivity index (χ1) is 14.9. The van der Waals surface area contributed by atoms with E-state index in [-0.39, 0.29) is 24.4 Å². The highest BCUT2D eigenvalue weighted by molar-refractivity contribution is 6.03. The summed E-state index contributed by atoms with van der Waals surface area (Å²) < 4.78 is 0. The van der Waals surface area contributed by atoms with Crippen molar-refractivity contribution in [2.45, 2.75) is 6.04 Å². The van der Waals surface area contributed by atoms with Gasteiger partial charge in [-0.25, -0.2) is 9.78 Å². The molecule has 0 spiro atoms. The number of primary amides is 1. The molecular formula is C21H21N7O3. The zero-order chi connectivity index (χ0) is 22.0. The van der Waals surface area contributed by atoms with Crippen LogP contribution in [0.1, 0.15) is 20.7 Å². The number of nitrogen functional groups attached to an aromatic ring is 1. The number of H-pyrrole nitrogens is 1. The third-order valence-electron chi connectivity index (χ3n) is 5.01. The molecule has 1 aromatic heterocycles. The van der Waals surface area contributed by atoms with E-state index in [2.05, 4.69) is 20.6 Å². The fourth-order valence-electron chi connectivity index (χ4n) is 3.50. The number of carbonyl (C=O) groups is 3. The zero-order valence-corrected chi connectivity index (χ0v) is 16.5. The number of aromatic amines is 1. The van der Waals surface area contributed by atoms with Gasteiger partial charge >= 0.3 is 6.03 Å². The second-order valence-electron chi connectivity index (χ2n) is 7.09. The second-order valence-corrected chi connectivity index (χ2v) is 7.09. The van der Waals surface area contributed by atoms with Crippen LogP contribution in [0, 0.1) is 0 Å². The van der Waals surface area contributed by atoms with E-state index in [0.717, 1.165) is 5.52 Å². The zero-order valence-electron chi connectivity index (χ0n) is 16.5. The molecule has 1 aliphatic rings. The number of nitrogens with two attached hydrogens (primary N) is 2. The van der Waals surface area contributed by atoms with Gasteiger partial charge in [-0.2, -0.15) is 0 Å². The molecule has 1 unspecified atom stereocenters. The lowest BCUT2D eigenvalue weighted by Gasteiger charge is -2.25. The first-order valence-electron chi connectivity index (χ1n) is 9.57.